The Bertz CT molecular complexity index is 689. The summed E-state index contributed by atoms with van der Waals surface area (Å²) in [5.74, 6) is 0. The molecule has 2 aromatic heterocycles. The molecule has 0 bridgehead atoms. The van der Waals surface area contributed by atoms with Crippen LogP contribution in [-0.4, -0.2) is 9.97 Å². The largest absolute Gasteiger partial charge is 0.398 e. The number of fused-ring (bicyclic) bond motifs is 3. The van der Waals surface area contributed by atoms with E-state index in [4.69, 9.17) is 5.73 Å². The Morgan fingerprint density at radius 2 is 2.00 bits per heavy atom. The molecule has 1 aromatic carbocycles. The first kappa shape index (κ1) is 9.09. The molecule has 0 unspecified atom stereocenters. The molecule has 0 aliphatic heterocycles. The average Bonchev–Trinajstić information content (AvgIpc) is 2.29. The number of anilines is 1. The summed E-state index contributed by atoms with van der Waals surface area (Å²) in [5.41, 5.74) is 9.53. The van der Waals surface area contributed by atoms with Gasteiger partial charge in [-0.15, -0.1) is 0 Å². The normalized spacial score (nSPS) is 11.1. The Hall–Kier alpha value is -2.16. The topological polar surface area (TPSA) is 51.8 Å². The zero-order valence-corrected chi connectivity index (χ0v) is 8.94. The first-order valence-corrected chi connectivity index (χ1v) is 5.16. The third kappa shape index (κ3) is 1.21. The van der Waals surface area contributed by atoms with Gasteiger partial charge in [0.15, 0.2) is 0 Å². The number of hydrogen-bond donors (Lipinski definition) is 1. The first-order chi connectivity index (χ1) is 7.75. The zero-order valence-electron chi connectivity index (χ0n) is 8.94. The van der Waals surface area contributed by atoms with Gasteiger partial charge in [0.25, 0.3) is 0 Å². The van der Waals surface area contributed by atoms with Crippen molar-refractivity contribution in [2.45, 2.75) is 6.92 Å². The minimum atomic E-state index is 0.753. The first-order valence-electron chi connectivity index (χ1n) is 5.16. The van der Waals surface area contributed by atoms with Crippen LogP contribution in [0, 0.1) is 6.92 Å². The summed E-state index contributed by atoms with van der Waals surface area (Å²) >= 11 is 0. The van der Waals surface area contributed by atoms with Gasteiger partial charge < -0.3 is 5.73 Å². The highest BCUT2D eigenvalue weighted by molar-refractivity contribution is 6.08. The van der Waals surface area contributed by atoms with Crippen molar-refractivity contribution in [3.63, 3.8) is 0 Å². The second-order valence-corrected chi connectivity index (χ2v) is 3.89. The van der Waals surface area contributed by atoms with E-state index in [1.165, 1.54) is 0 Å². The fraction of sp³-hybridized carbons (Fsp3) is 0.0769. The molecule has 0 amide bonds. The van der Waals surface area contributed by atoms with Crippen LogP contribution in [0.4, 0.5) is 5.69 Å². The highest BCUT2D eigenvalue weighted by Crippen LogP contribution is 2.27. The van der Waals surface area contributed by atoms with Crippen LogP contribution in [-0.2, 0) is 0 Å². The van der Waals surface area contributed by atoms with Gasteiger partial charge in [0.2, 0.25) is 0 Å². The molecule has 0 spiro atoms. The van der Waals surface area contributed by atoms with E-state index in [2.05, 4.69) is 9.97 Å². The summed E-state index contributed by atoms with van der Waals surface area (Å²) < 4.78 is 0. The lowest BCUT2D eigenvalue weighted by Crippen LogP contribution is -1.92. The fourth-order valence-corrected chi connectivity index (χ4v) is 1.95. The molecule has 0 aliphatic rings. The highest BCUT2D eigenvalue weighted by Gasteiger charge is 2.06. The number of nitrogen functional groups attached to an aromatic ring is 1. The van der Waals surface area contributed by atoms with Crippen LogP contribution in [0.5, 0.6) is 0 Å². The van der Waals surface area contributed by atoms with E-state index in [-0.39, 0.29) is 0 Å². The second-order valence-electron chi connectivity index (χ2n) is 3.89. The van der Waals surface area contributed by atoms with E-state index < -0.39 is 0 Å². The average molecular weight is 209 g/mol. The Morgan fingerprint density at radius 3 is 2.88 bits per heavy atom. The number of aromatic nitrogens is 2. The van der Waals surface area contributed by atoms with E-state index in [1.807, 2.05) is 37.3 Å². The lowest BCUT2D eigenvalue weighted by atomic mass is 10.1. The standard InChI is InChI=1S/C13H11N3/c1-8-4-5-10-11(14)7-9-3-2-6-15-12(9)13(10)16-8/h2-7H,14H2,1H3. The van der Waals surface area contributed by atoms with Gasteiger partial charge in [0.1, 0.15) is 0 Å². The maximum atomic E-state index is 6.00. The number of benzene rings is 1. The molecule has 16 heavy (non-hydrogen) atoms. The number of aryl methyl sites for hydroxylation is 1. The van der Waals surface area contributed by atoms with Gasteiger partial charge in [-0.2, -0.15) is 0 Å². The zero-order chi connectivity index (χ0) is 11.1. The monoisotopic (exact) mass is 209 g/mol. The number of nitrogens with two attached hydrogens (primary N) is 1. The molecule has 3 heteroatoms. The molecule has 0 aliphatic carbocycles. The maximum absolute atomic E-state index is 6.00. The molecule has 0 saturated carbocycles. The van der Waals surface area contributed by atoms with Gasteiger partial charge in [-0.05, 0) is 31.2 Å². The summed E-state index contributed by atoms with van der Waals surface area (Å²) in [6.07, 6.45) is 1.78. The molecule has 2 N–H and O–H groups in total. The molecule has 0 fully saturated rings. The minimum Gasteiger partial charge on any atom is -0.398 e. The number of nitrogens with zero attached hydrogens (tertiary/aromatic N) is 2. The van der Waals surface area contributed by atoms with E-state index >= 15 is 0 Å². The Balaban J connectivity index is 2.61. The quantitative estimate of drug-likeness (QED) is 0.457. The fourth-order valence-electron chi connectivity index (χ4n) is 1.95. The number of hydrogen-bond acceptors (Lipinski definition) is 3. The third-order valence-electron chi connectivity index (χ3n) is 2.72. The van der Waals surface area contributed by atoms with Crippen LogP contribution < -0.4 is 5.73 Å². The van der Waals surface area contributed by atoms with Crippen molar-refractivity contribution in [2.24, 2.45) is 0 Å². The predicted molar refractivity (Wildman–Crippen MR) is 66.2 cm³/mol. The summed E-state index contributed by atoms with van der Waals surface area (Å²) in [6.45, 7) is 1.97. The lowest BCUT2D eigenvalue weighted by Gasteiger charge is -2.06. The van der Waals surface area contributed by atoms with Crippen molar-refractivity contribution in [3.05, 3.63) is 42.2 Å². The van der Waals surface area contributed by atoms with Gasteiger partial charge in [0, 0.05) is 28.4 Å². The van der Waals surface area contributed by atoms with Crippen molar-refractivity contribution in [2.75, 3.05) is 5.73 Å². The molecule has 3 nitrogen and oxygen atoms in total. The predicted octanol–water partition coefficient (Wildman–Crippen LogP) is 2.67. The summed E-state index contributed by atoms with van der Waals surface area (Å²) in [4.78, 5) is 8.90. The maximum Gasteiger partial charge on any atom is 0.0988 e. The van der Waals surface area contributed by atoms with Gasteiger partial charge in [0.05, 0.1) is 11.0 Å². The number of rotatable bonds is 0. The third-order valence-corrected chi connectivity index (χ3v) is 2.72. The molecule has 3 aromatic rings. The Kier molecular flexibility index (Phi) is 1.80. The van der Waals surface area contributed by atoms with Crippen molar-refractivity contribution in [3.8, 4) is 0 Å². The summed E-state index contributed by atoms with van der Waals surface area (Å²) in [6, 6.07) is 9.82. The second kappa shape index (κ2) is 3.17. The molecule has 78 valence electrons. The molecular weight excluding hydrogens is 198 g/mol. The van der Waals surface area contributed by atoms with Crippen molar-refractivity contribution < 1.29 is 0 Å². The molecule has 0 atom stereocenters. The van der Waals surface area contributed by atoms with E-state index in [9.17, 15) is 0 Å². The van der Waals surface area contributed by atoms with Crippen LogP contribution in [0.3, 0.4) is 0 Å². The molecule has 2 heterocycles. The van der Waals surface area contributed by atoms with Crippen LogP contribution in [0.2, 0.25) is 0 Å². The minimum absolute atomic E-state index is 0.753. The van der Waals surface area contributed by atoms with Crippen LogP contribution in [0.25, 0.3) is 21.8 Å². The van der Waals surface area contributed by atoms with Gasteiger partial charge in [-0.3, -0.25) is 9.97 Å². The summed E-state index contributed by atoms with van der Waals surface area (Å²) in [5, 5.41) is 2.00. The van der Waals surface area contributed by atoms with Crippen molar-refractivity contribution in [1.29, 1.82) is 0 Å². The molecule has 0 saturated heterocycles. The molecular formula is C13H11N3. The Morgan fingerprint density at radius 1 is 1.12 bits per heavy atom. The molecule has 0 radical (unpaired) electrons. The van der Waals surface area contributed by atoms with E-state index in [1.54, 1.807) is 6.20 Å². The van der Waals surface area contributed by atoms with Gasteiger partial charge in [-0.25, -0.2) is 0 Å². The lowest BCUT2D eigenvalue weighted by molar-refractivity contribution is 1.25. The van der Waals surface area contributed by atoms with Crippen LogP contribution >= 0.6 is 0 Å². The van der Waals surface area contributed by atoms with Crippen LogP contribution in [0.15, 0.2) is 36.5 Å². The smallest absolute Gasteiger partial charge is 0.0988 e. The van der Waals surface area contributed by atoms with Crippen molar-refractivity contribution in [1.82, 2.24) is 9.97 Å². The Labute approximate surface area is 92.9 Å². The number of pyridine rings is 2. The SMILES string of the molecule is Cc1ccc2c(N)cc3cccnc3c2n1. The highest BCUT2D eigenvalue weighted by atomic mass is 14.8. The van der Waals surface area contributed by atoms with Gasteiger partial charge >= 0.3 is 0 Å². The van der Waals surface area contributed by atoms with Crippen molar-refractivity contribution >= 4 is 27.5 Å². The van der Waals surface area contributed by atoms with E-state index in [0.717, 1.165) is 33.2 Å². The van der Waals surface area contributed by atoms with E-state index in [0.29, 0.717) is 0 Å². The molecule has 3 rings (SSSR count). The summed E-state index contributed by atoms with van der Waals surface area (Å²) in [7, 11) is 0. The van der Waals surface area contributed by atoms with Crippen LogP contribution in [0.1, 0.15) is 5.69 Å². The van der Waals surface area contributed by atoms with Gasteiger partial charge in [-0.1, -0.05) is 6.07 Å².